The van der Waals surface area contributed by atoms with Crippen LogP contribution in [-0.4, -0.2) is 45.0 Å². The zero-order valence-electron chi connectivity index (χ0n) is 14.7. The lowest BCUT2D eigenvalue weighted by atomic mass is 9.96. The van der Waals surface area contributed by atoms with Gasteiger partial charge in [0.15, 0.2) is 6.61 Å². The molecule has 144 valence electrons. The van der Waals surface area contributed by atoms with Crippen LogP contribution in [0.15, 0.2) is 23.1 Å². The van der Waals surface area contributed by atoms with Crippen LogP contribution in [0.5, 0.6) is 5.75 Å². The molecule has 1 saturated heterocycles. The predicted molar refractivity (Wildman–Crippen MR) is 100.0 cm³/mol. The summed E-state index contributed by atoms with van der Waals surface area (Å²) in [4.78, 5) is 13.9. The molecule has 6 nitrogen and oxygen atoms in total. The summed E-state index contributed by atoms with van der Waals surface area (Å²) in [7, 11) is -3.61. The summed E-state index contributed by atoms with van der Waals surface area (Å²) in [5, 5.41) is 0.186. The Morgan fingerprint density at radius 3 is 2.50 bits per heavy atom. The number of rotatable bonds is 6. The molecule has 0 aromatic heterocycles. The Bertz CT molecular complexity index is 742. The van der Waals surface area contributed by atoms with Crippen LogP contribution in [0.1, 0.15) is 44.9 Å². The fraction of sp³-hybridized carbons (Fsp3) is 0.611. The maximum atomic E-state index is 12.5. The van der Waals surface area contributed by atoms with Crippen molar-refractivity contribution in [3.63, 3.8) is 0 Å². The number of sulfonamides is 1. The van der Waals surface area contributed by atoms with Crippen molar-refractivity contribution < 1.29 is 17.9 Å². The molecule has 1 aromatic carbocycles. The van der Waals surface area contributed by atoms with E-state index in [0.717, 1.165) is 58.0 Å². The molecule has 2 aliphatic rings. The van der Waals surface area contributed by atoms with E-state index in [9.17, 15) is 13.2 Å². The SMILES string of the molecule is O=C(COc1ccc(S(=O)(=O)NC2CCCCC2)cc1Cl)N1CCCC1. The fourth-order valence-corrected chi connectivity index (χ4v) is 5.10. The molecule has 1 aliphatic carbocycles. The van der Waals surface area contributed by atoms with Gasteiger partial charge in [-0.15, -0.1) is 0 Å². The lowest BCUT2D eigenvalue weighted by Gasteiger charge is -2.22. The minimum absolute atomic E-state index is 0.0125. The molecule has 3 rings (SSSR count). The van der Waals surface area contributed by atoms with Crippen LogP contribution in [0.2, 0.25) is 5.02 Å². The molecule has 1 amide bonds. The van der Waals surface area contributed by atoms with Gasteiger partial charge >= 0.3 is 0 Å². The molecule has 1 heterocycles. The summed E-state index contributed by atoms with van der Waals surface area (Å²) >= 11 is 6.18. The monoisotopic (exact) mass is 400 g/mol. The van der Waals surface area contributed by atoms with Crippen LogP contribution in [0.4, 0.5) is 0 Å². The highest BCUT2D eigenvalue weighted by Crippen LogP contribution is 2.28. The third-order valence-corrected chi connectivity index (χ3v) is 6.76. The molecule has 0 unspecified atom stereocenters. The number of halogens is 1. The first-order valence-corrected chi connectivity index (χ1v) is 11.0. The quantitative estimate of drug-likeness (QED) is 0.796. The zero-order valence-corrected chi connectivity index (χ0v) is 16.3. The minimum Gasteiger partial charge on any atom is -0.482 e. The molecule has 26 heavy (non-hydrogen) atoms. The Balaban J connectivity index is 1.61. The minimum atomic E-state index is -3.61. The largest absolute Gasteiger partial charge is 0.482 e. The van der Waals surface area contributed by atoms with E-state index in [4.69, 9.17) is 16.3 Å². The van der Waals surface area contributed by atoms with E-state index in [1.54, 1.807) is 4.90 Å². The number of ether oxygens (including phenoxy) is 1. The normalized spacial score (nSPS) is 18.9. The van der Waals surface area contributed by atoms with E-state index < -0.39 is 10.0 Å². The van der Waals surface area contributed by atoms with Gasteiger partial charge in [-0.25, -0.2) is 13.1 Å². The second-order valence-corrected chi connectivity index (χ2v) is 9.05. The van der Waals surface area contributed by atoms with Gasteiger partial charge in [0.05, 0.1) is 9.92 Å². The Kier molecular flexibility index (Phi) is 6.42. The number of hydrogen-bond donors (Lipinski definition) is 1. The Morgan fingerprint density at radius 1 is 1.15 bits per heavy atom. The maximum Gasteiger partial charge on any atom is 0.260 e. The number of likely N-dealkylation sites (tertiary alicyclic amines) is 1. The zero-order chi connectivity index (χ0) is 18.6. The standard InChI is InChI=1S/C18H25ClN2O4S/c19-16-12-15(26(23,24)20-14-6-2-1-3-7-14)8-9-17(16)25-13-18(22)21-10-4-5-11-21/h8-9,12,14,20H,1-7,10-11,13H2. The van der Waals surface area contributed by atoms with E-state index in [1.807, 2.05) is 0 Å². The summed E-state index contributed by atoms with van der Waals surface area (Å²) in [6, 6.07) is 4.34. The molecule has 0 atom stereocenters. The van der Waals surface area contributed by atoms with E-state index in [0.29, 0.717) is 5.75 Å². The number of hydrogen-bond acceptors (Lipinski definition) is 4. The van der Waals surface area contributed by atoms with Crippen molar-refractivity contribution in [2.45, 2.75) is 55.9 Å². The van der Waals surface area contributed by atoms with Gasteiger partial charge in [-0.05, 0) is 43.9 Å². The maximum absolute atomic E-state index is 12.5. The van der Waals surface area contributed by atoms with Crippen molar-refractivity contribution in [1.82, 2.24) is 9.62 Å². The molecule has 0 radical (unpaired) electrons. The average molecular weight is 401 g/mol. The van der Waals surface area contributed by atoms with Crippen molar-refractivity contribution in [2.75, 3.05) is 19.7 Å². The molecule has 0 bridgehead atoms. The van der Waals surface area contributed by atoms with Gasteiger partial charge in [-0.1, -0.05) is 30.9 Å². The second-order valence-electron chi connectivity index (χ2n) is 6.93. The molecule has 1 aliphatic heterocycles. The first-order valence-electron chi connectivity index (χ1n) is 9.18. The van der Waals surface area contributed by atoms with Gasteiger partial charge in [0.2, 0.25) is 10.0 Å². The number of carbonyl (C=O) groups excluding carboxylic acids is 1. The Morgan fingerprint density at radius 2 is 1.85 bits per heavy atom. The van der Waals surface area contributed by atoms with Crippen LogP contribution in [0.25, 0.3) is 0 Å². The van der Waals surface area contributed by atoms with Crippen LogP contribution in [0, 0.1) is 0 Å². The Labute approximate surface area is 159 Å². The van der Waals surface area contributed by atoms with E-state index in [1.165, 1.54) is 18.2 Å². The molecular weight excluding hydrogens is 376 g/mol. The van der Waals surface area contributed by atoms with Gasteiger partial charge in [-0.3, -0.25) is 4.79 Å². The summed E-state index contributed by atoms with van der Waals surface area (Å²) in [6.07, 6.45) is 7.03. The van der Waals surface area contributed by atoms with Gasteiger partial charge in [-0.2, -0.15) is 0 Å². The lowest BCUT2D eigenvalue weighted by Crippen LogP contribution is -2.36. The van der Waals surface area contributed by atoms with Gasteiger partial charge < -0.3 is 9.64 Å². The van der Waals surface area contributed by atoms with Crippen LogP contribution in [-0.2, 0) is 14.8 Å². The van der Waals surface area contributed by atoms with E-state index in [2.05, 4.69) is 4.72 Å². The smallest absolute Gasteiger partial charge is 0.260 e. The third kappa shape index (κ3) is 4.90. The molecular formula is C18H25ClN2O4S. The molecule has 1 aromatic rings. The van der Waals surface area contributed by atoms with E-state index >= 15 is 0 Å². The van der Waals surface area contributed by atoms with Crippen LogP contribution >= 0.6 is 11.6 Å². The number of nitrogens with zero attached hydrogens (tertiary/aromatic N) is 1. The van der Waals surface area contributed by atoms with Gasteiger partial charge in [0.25, 0.3) is 5.91 Å². The summed E-state index contributed by atoms with van der Waals surface area (Å²) in [5.41, 5.74) is 0. The molecule has 2 fully saturated rings. The highest BCUT2D eigenvalue weighted by atomic mass is 35.5. The highest BCUT2D eigenvalue weighted by molar-refractivity contribution is 7.89. The first-order chi connectivity index (χ1) is 12.5. The summed E-state index contributed by atoms with van der Waals surface area (Å²) < 4.78 is 33.3. The van der Waals surface area contributed by atoms with Crippen molar-refractivity contribution in [3.8, 4) is 5.75 Å². The van der Waals surface area contributed by atoms with Crippen molar-refractivity contribution in [2.24, 2.45) is 0 Å². The van der Waals surface area contributed by atoms with Crippen molar-refractivity contribution in [1.29, 1.82) is 0 Å². The molecule has 0 spiro atoms. The third-order valence-electron chi connectivity index (χ3n) is 4.95. The topological polar surface area (TPSA) is 75.7 Å². The first kappa shape index (κ1) is 19.5. The number of nitrogens with one attached hydrogen (secondary N) is 1. The van der Waals surface area contributed by atoms with Crippen molar-refractivity contribution >= 4 is 27.5 Å². The molecule has 1 saturated carbocycles. The summed E-state index contributed by atoms with van der Waals surface area (Å²) in [5.74, 6) is 0.241. The lowest BCUT2D eigenvalue weighted by molar-refractivity contribution is -0.132. The molecule has 1 N–H and O–H groups in total. The average Bonchev–Trinajstić information content (AvgIpc) is 3.15. The number of amides is 1. The Hall–Kier alpha value is -1.31. The number of benzene rings is 1. The van der Waals surface area contributed by atoms with Crippen LogP contribution < -0.4 is 9.46 Å². The fourth-order valence-electron chi connectivity index (χ4n) is 3.47. The van der Waals surface area contributed by atoms with Crippen molar-refractivity contribution in [3.05, 3.63) is 23.2 Å². The predicted octanol–water partition coefficient (Wildman–Crippen LogP) is 2.95. The molecule has 8 heteroatoms. The number of carbonyl (C=O) groups is 1. The summed E-state index contributed by atoms with van der Waals surface area (Å²) in [6.45, 7) is 1.44. The van der Waals surface area contributed by atoms with Gasteiger partial charge in [0.1, 0.15) is 5.75 Å². The second kappa shape index (κ2) is 8.59. The van der Waals surface area contributed by atoms with E-state index in [-0.39, 0.29) is 28.5 Å². The van der Waals surface area contributed by atoms with Crippen LogP contribution in [0.3, 0.4) is 0 Å². The highest BCUT2D eigenvalue weighted by Gasteiger charge is 2.23. The van der Waals surface area contributed by atoms with Gasteiger partial charge in [0, 0.05) is 19.1 Å².